The SMILES string of the molecule is CCOc1cc(C(=O)Nc2ccc3ncsc3c2)cc(OCC)c1OCC. The van der Waals surface area contributed by atoms with E-state index in [0.29, 0.717) is 48.3 Å². The van der Waals surface area contributed by atoms with Crippen molar-refractivity contribution in [3.05, 3.63) is 41.4 Å². The molecule has 1 aromatic heterocycles. The number of carbonyl (C=O) groups excluding carboxylic acids is 1. The molecule has 0 aliphatic heterocycles. The number of aromatic nitrogens is 1. The highest BCUT2D eigenvalue weighted by Gasteiger charge is 2.18. The van der Waals surface area contributed by atoms with Gasteiger partial charge in [-0.2, -0.15) is 0 Å². The van der Waals surface area contributed by atoms with Crippen molar-refractivity contribution < 1.29 is 19.0 Å². The van der Waals surface area contributed by atoms with Gasteiger partial charge in [-0.05, 0) is 51.1 Å². The van der Waals surface area contributed by atoms with Crippen molar-refractivity contribution in [2.24, 2.45) is 0 Å². The molecule has 1 N–H and O–H groups in total. The lowest BCUT2D eigenvalue weighted by Gasteiger charge is -2.17. The molecule has 3 rings (SSSR count). The molecule has 1 amide bonds. The highest BCUT2D eigenvalue weighted by atomic mass is 32.1. The molecule has 0 saturated carbocycles. The molecule has 1 heterocycles. The van der Waals surface area contributed by atoms with Crippen LogP contribution in [-0.2, 0) is 0 Å². The van der Waals surface area contributed by atoms with Crippen LogP contribution in [0, 0.1) is 0 Å². The number of hydrogen-bond donors (Lipinski definition) is 1. The van der Waals surface area contributed by atoms with Gasteiger partial charge in [-0.15, -0.1) is 11.3 Å². The number of ether oxygens (including phenoxy) is 3. The largest absolute Gasteiger partial charge is 0.490 e. The fourth-order valence-corrected chi connectivity index (χ4v) is 3.37. The quantitative estimate of drug-likeness (QED) is 0.605. The fraction of sp³-hybridized carbons (Fsp3) is 0.300. The van der Waals surface area contributed by atoms with Crippen LogP contribution in [0.15, 0.2) is 35.8 Å². The summed E-state index contributed by atoms with van der Waals surface area (Å²) in [6.07, 6.45) is 0. The van der Waals surface area contributed by atoms with Gasteiger partial charge in [0.05, 0.1) is 35.5 Å². The van der Waals surface area contributed by atoms with E-state index in [9.17, 15) is 4.79 Å². The molecule has 7 heteroatoms. The second-order valence-electron chi connectivity index (χ2n) is 5.59. The number of nitrogens with one attached hydrogen (secondary N) is 1. The molecule has 27 heavy (non-hydrogen) atoms. The smallest absolute Gasteiger partial charge is 0.255 e. The highest BCUT2D eigenvalue weighted by Crippen LogP contribution is 2.39. The Morgan fingerprint density at radius 1 is 1.00 bits per heavy atom. The number of carbonyl (C=O) groups is 1. The van der Waals surface area contributed by atoms with Crippen molar-refractivity contribution >= 4 is 33.1 Å². The fourth-order valence-electron chi connectivity index (χ4n) is 2.66. The van der Waals surface area contributed by atoms with E-state index in [4.69, 9.17) is 14.2 Å². The summed E-state index contributed by atoms with van der Waals surface area (Å²) in [5, 5.41) is 2.92. The molecule has 3 aromatic rings. The molecule has 0 spiro atoms. The van der Waals surface area contributed by atoms with Gasteiger partial charge in [0.2, 0.25) is 5.75 Å². The highest BCUT2D eigenvalue weighted by molar-refractivity contribution is 7.16. The van der Waals surface area contributed by atoms with Crippen LogP contribution in [0.3, 0.4) is 0 Å². The van der Waals surface area contributed by atoms with Crippen molar-refractivity contribution in [3.63, 3.8) is 0 Å². The summed E-state index contributed by atoms with van der Waals surface area (Å²) < 4.78 is 18.0. The van der Waals surface area contributed by atoms with Gasteiger partial charge in [-0.3, -0.25) is 4.79 Å². The zero-order chi connectivity index (χ0) is 19.2. The molecule has 0 atom stereocenters. The molecule has 0 aliphatic carbocycles. The molecule has 142 valence electrons. The lowest BCUT2D eigenvalue weighted by molar-refractivity contribution is 0.102. The van der Waals surface area contributed by atoms with E-state index in [1.807, 2.05) is 39.0 Å². The van der Waals surface area contributed by atoms with Crippen molar-refractivity contribution in [3.8, 4) is 17.2 Å². The van der Waals surface area contributed by atoms with Gasteiger partial charge in [0.25, 0.3) is 5.91 Å². The minimum absolute atomic E-state index is 0.246. The zero-order valence-corrected chi connectivity index (χ0v) is 16.4. The number of nitrogens with zero attached hydrogens (tertiary/aromatic N) is 1. The Bertz CT molecular complexity index is 912. The van der Waals surface area contributed by atoms with Crippen LogP contribution in [0.2, 0.25) is 0 Å². The second-order valence-corrected chi connectivity index (χ2v) is 6.48. The molecule has 0 unspecified atom stereocenters. The number of thiazole rings is 1. The Labute approximate surface area is 162 Å². The molecular formula is C20H22N2O4S. The lowest BCUT2D eigenvalue weighted by Crippen LogP contribution is -2.13. The van der Waals surface area contributed by atoms with Crippen LogP contribution in [-0.4, -0.2) is 30.7 Å². The van der Waals surface area contributed by atoms with E-state index in [-0.39, 0.29) is 5.91 Å². The summed E-state index contributed by atoms with van der Waals surface area (Å²) in [6.45, 7) is 7.04. The third-order valence-corrected chi connectivity index (χ3v) is 4.55. The predicted molar refractivity (Wildman–Crippen MR) is 108 cm³/mol. The number of amides is 1. The van der Waals surface area contributed by atoms with Gasteiger partial charge < -0.3 is 19.5 Å². The number of benzene rings is 2. The third kappa shape index (κ3) is 4.31. The van der Waals surface area contributed by atoms with Crippen molar-refractivity contribution in [2.45, 2.75) is 20.8 Å². The van der Waals surface area contributed by atoms with E-state index in [0.717, 1.165) is 10.2 Å². The number of hydrogen-bond acceptors (Lipinski definition) is 6. The minimum atomic E-state index is -0.246. The molecule has 6 nitrogen and oxygen atoms in total. The molecule has 0 saturated heterocycles. The Morgan fingerprint density at radius 3 is 2.30 bits per heavy atom. The molecule has 0 bridgehead atoms. The number of fused-ring (bicyclic) bond motifs is 1. The van der Waals surface area contributed by atoms with Crippen molar-refractivity contribution in [2.75, 3.05) is 25.1 Å². The monoisotopic (exact) mass is 386 g/mol. The lowest BCUT2D eigenvalue weighted by atomic mass is 10.1. The molecule has 2 aromatic carbocycles. The maximum atomic E-state index is 12.8. The van der Waals surface area contributed by atoms with E-state index < -0.39 is 0 Å². The van der Waals surface area contributed by atoms with Crippen molar-refractivity contribution in [1.29, 1.82) is 0 Å². The minimum Gasteiger partial charge on any atom is -0.490 e. The summed E-state index contributed by atoms with van der Waals surface area (Å²) >= 11 is 1.53. The van der Waals surface area contributed by atoms with Gasteiger partial charge in [0.1, 0.15) is 0 Å². The maximum Gasteiger partial charge on any atom is 0.255 e. The van der Waals surface area contributed by atoms with Gasteiger partial charge in [-0.25, -0.2) is 4.98 Å². The predicted octanol–water partition coefficient (Wildman–Crippen LogP) is 4.74. The van der Waals surface area contributed by atoms with E-state index in [1.165, 1.54) is 11.3 Å². The van der Waals surface area contributed by atoms with Crippen LogP contribution >= 0.6 is 11.3 Å². The molecule has 0 radical (unpaired) electrons. The van der Waals surface area contributed by atoms with E-state index in [2.05, 4.69) is 10.3 Å². The normalized spacial score (nSPS) is 10.6. The first-order chi connectivity index (χ1) is 13.2. The van der Waals surface area contributed by atoms with Gasteiger partial charge in [0, 0.05) is 11.3 Å². The first-order valence-electron chi connectivity index (χ1n) is 8.87. The summed E-state index contributed by atoms with van der Waals surface area (Å²) in [6, 6.07) is 8.99. The Morgan fingerprint density at radius 2 is 1.67 bits per heavy atom. The summed E-state index contributed by atoms with van der Waals surface area (Å²) in [5.74, 6) is 1.26. The number of rotatable bonds is 8. The molecule has 0 aliphatic rings. The van der Waals surface area contributed by atoms with Gasteiger partial charge >= 0.3 is 0 Å². The first-order valence-corrected chi connectivity index (χ1v) is 9.75. The average molecular weight is 386 g/mol. The van der Waals surface area contributed by atoms with Crippen molar-refractivity contribution in [1.82, 2.24) is 4.98 Å². The summed E-state index contributed by atoms with van der Waals surface area (Å²) in [7, 11) is 0. The van der Waals surface area contributed by atoms with E-state index >= 15 is 0 Å². The van der Waals surface area contributed by atoms with Gasteiger partial charge in [-0.1, -0.05) is 0 Å². The molecule has 0 fully saturated rings. The Hall–Kier alpha value is -2.80. The third-order valence-electron chi connectivity index (χ3n) is 3.76. The van der Waals surface area contributed by atoms with Crippen LogP contribution in [0.25, 0.3) is 10.2 Å². The van der Waals surface area contributed by atoms with E-state index in [1.54, 1.807) is 17.6 Å². The second kappa shape index (κ2) is 8.73. The standard InChI is InChI=1S/C20H22N2O4S/c1-4-24-16-9-13(10-17(25-5-2)19(16)26-6-3)20(23)22-14-7-8-15-18(11-14)27-12-21-15/h7-12H,4-6H2,1-3H3,(H,22,23). The zero-order valence-electron chi connectivity index (χ0n) is 15.6. The van der Waals surface area contributed by atoms with Crippen LogP contribution in [0.1, 0.15) is 31.1 Å². The van der Waals surface area contributed by atoms with Crippen LogP contribution < -0.4 is 19.5 Å². The molecular weight excluding hydrogens is 364 g/mol. The topological polar surface area (TPSA) is 69.7 Å². The van der Waals surface area contributed by atoms with Gasteiger partial charge in [0.15, 0.2) is 11.5 Å². The summed E-state index contributed by atoms with van der Waals surface area (Å²) in [4.78, 5) is 17.0. The van der Waals surface area contributed by atoms with Crippen LogP contribution in [0.5, 0.6) is 17.2 Å². The first kappa shape index (κ1) is 19.0. The Balaban J connectivity index is 1.92. The maximum absolute atomic E-state index is 12.8. The average Bonchev–Trinajstić information content (AvgIpc) is 3.12. The number of anilines is 1. The summed E-state index contributed by atoms with van der Waals surface area (Å²) in [5.41, 5.74) is 3.85. The Kier molecular flexibility index (Phi) is 6.13. The van der Waals surface area contributed by atoms with Crippen LogP contribution in [0.4, 0.5) is 5.69 Å².